The Labute approximate surface area is 119 Å². The number of hydrogen-bond donors (Lipinski definition) is 1. The second-order valence-corrected chi connectivity index (χ2v) is 5.67. The van der Waals surface area contributed by atoms with Gasteiger partial charge < -0.3 is 5.32 Å². The van der Waals surface area contributed by atoms with Gasteiger partial charge in [0.15, 0.2) is 0 Å². The highest BCUT2D eigenvalue weighted by molar-refractivity contribution is 5.47. The quantitative estimate of drug-likeness (QED) is 0.650. The molecule has 1 aromatic heterocycles. The maximum Gasteiger partial charge on any atom is 0.290 e. The summed E-state index contributed by atoms with van der Waals surface area (Å²) in [5.74, 6) is 1.46. The Kier molecular flexibility index (Phi) is 4.93. The van der Waals surface area contributed by atoms with Crippen LogP contribution in [0.5, 0.6) is 0 Å². The van der Waals surface area contributed by atoms with Crippen LogP contribution in [-0.2, 0) is 0 Å². The van der Waals surface area contributed by atoms with Crippen molar-refractivity contribution >= 4 is 11.5 Å². The summed E-state index contributed by atoms with van der Waals surface area (Å²) in [7, 11) is 0. The zero-order valence-electron chi connectivity index (χ0n) is 12.3. The fourth-order valence-electron chi connectivity index (χ4n) is 3.10. The highest BCUT2D eigenvalue weighted by atomic mass is 16.6. The maximum absolute atomic E-state index is 10.8. The summed E-state index contributed by atoms with van der Waals surface area (Å²) < 4.78 is 0. The Bertz CT molecular complexity index is 470. The standard InChI is InChI=1S/C15H23N3O2/c1-3-13(12-7-5-4-6-8-12)17-15-9-11(2)14(10-16-15)18(19)20/h9-10,12-13H,3-8H2,1-2H3,(H,16,17). The molecular formula is C15H23N3O2. The Balaban J connectivity index is 2.07. The third-order valence-electron chi connectivity index (χ3n) is 4.27. The average Bonchev–Trinajstić information content (AvgIpc) is 2.45. The monoisotopic (exact) mass is 277 g/mol. The molecule has 1 heterocycles. The molecule has 0 amide bonds. The lowest BCUT2D eigenvalue weighted by atomic mass is 9.83. The van der Waals surface area contributed by atoms with Crippen LogP contribution in [0.4, 0.5) is 11.5 Å². The first kappa shape index (κ1) is 14.8. The third-order valence-corrected chi connectivity index (χ3v) is 4.27. The molecule has 5 nitrogen and oxygen atoms in total. The molecular weight excluding hydrogens is 254 g/mol. The lowest BCUT2D eigenvalue weighted by Gasteiger charge is -2.30. The van der Waals surface area contributed by atoms with E-state index < -0.39 is 0 Å². The van der Waals surface area contributed by atoms with Crippen molar-refractivity contribution < 1.29 is 4.92 Å². The molecule has 1 fully saturated rings. The van der Waals surface area contributed by atoms with Crippen LogP contribution >= 0.6 is 0 Å². The molecule has 110 valence electrons. The summed E-state index contributed by atoms with van der Waals surface area (Å²) in [6, 6.07) is 2.20. The predicted molar refractivity (Wildman–Crippen MR) is 79.9 cm³/mol. The summed E-state index contributed by atoms with van der Waals surface area (Å²) in [6.07, 6.45) is 8.94. The molecule has 1 atom stereocenters. The average molecular weight is 277 g/mol. The summed E-state index contributed by atoms with van der Waals surface area (Å²) in [5.41, 5.74) is 0.743. The lowest BCUT2D eigenvalue weighted by Crippen LogP contribution is -2.30. The van der Waals surface area contributed by atoms with Crippen LogP contribution in [0.1, 0.15) is 51.0 Å². The second-order valence-electron chi connectivity index (χ2n) is 5.67. The van der Waals surface area contributed by atoms with Gasteiger partial charge >= 0.3 is 0 Å². The Hall–Kier alpha value is -1.65. The molecule has 20 heavy (non-hydrogen) atoms. The molecule has 1 aliphatic rings. The van der Waals surface area contributed by atoms with Crippen molar-refractivity contribution in [2.24, 2.45) is 5.92 Å². The molecule has 1 unspecified atom stereocenters. The van der Waals surface area contributed by atoms with Gasteiger partial charge in [-0.15, -0.1) is 0 Å². The molecule has 5 heteroatoms. The van der Waals surface area contributed by atoms with Crippen LogP contribution in [0.2, 0.25) is 0 Å². The van der Waals surface area contributed by atoms with E-state index >= 15 is 0 Å². The van der Waals surface area contributed by atoms with E-state index in [1.807, 2.05) is 0 Å². The summed E-state index contributed by atoms with van der Waals surface area (Å²) in [4.78, 5) is 14.6. The molecule has 0 spiro atoms. The minimum absolute atomic E-state index is 0.0845. The number of aromatic nitrogens is 1. The first-order chi connectivity index (χ1) is 9.61. The van der Waals surface area contributed by atoms with E-state index in [4.69, 9.17) is 0 Å². The van der Waals surface area contributed by atoms with Crippen LogP contribution in [0, 0.1) is 23.0 Å². The van der Waals surface area contributed by atoms with Gasteiger partial charge in [-0.1, -0.05) is 26.2 Å². The minimum atomic E-state index is -0.384. The van der Waals surface area contributed by atoms with E-state index in [-0.39, 0.29) is 10.6 Å². The molecule has 1 saturated carbocycles. The number of nitrogens with one attached hydrogen (secondary N) is 1. The molecule has 0 saturated heterocycles. The SMILES string of the molecule is CCC(Nc1cc(C)c([N+](=O)[O-])cn1)C1CCCCC1. The first-order valence-electron chi connectivity index (χ1n) is 7.49. The third kappa shape index (κ3) is 3.46. The van der Waals surface area contributed by atoms with Gasteiger partial charge in [0, 0.05) is 11.6 Å². The van der Waals surface area contributed by atoms with Gasteiger partial charge in [0.25, 0.3) is 5.69 Å². The Morgan fingerprint density at radius 1 is 1.45 bits per heavy atom. The maximum atomic E-state index is 10.8. The van der Waals surface area contributed by atoms with E-state index in [9.17, 15) is 10.1 Å². The van der Waals surface area contributed by atoms with E-state index in [1.165, 1.54) is 38.3 Å². The van der Waals surface area contributed by atoms with Crippen LogP contribution in [-0.4, -0.2) is 15.9 Å². The molecule has 0 radical (unpaired) electrons. The summed E-state index contributed by atoms with van der Waals surface area (Å²) in [6.45, 7) is 3.94. The topological polar surface area (TPSA) is 68.1 Å². The molecule has 2 rings (SSSR count). The Morgan fingerprint density at radius 3 is 2.70 bits per heavy atom. The number of aryl methyl sites for hydroxylation is 1. The largest absolute Gasteiger partial charge is 0.367 e. The number of hydrogen-bond acceptors (Lipinski definition) is 4. The second kappa shape index (κ2) is 6.68. The van der Waals surface area contributed by atoms with Crippen LogP contribution in [0.25, 0.3) is 0 Å². The number of pyridine rings is 1. The number of rotatable bonds is 5. The van der Waals surface area contributed by atoms with Gasteiger partial charge in [0.05, 0.1) is 4.92 Å². The zero-order chi connectivity index (χ0) is 14.5. The predicted octanol–water partition coefficient (Wildman–Crippen LogP) is 4.07. The summed E-state index contributed by atoms with van der Waals surface area (Å²) >= 11 is 0. The van der Waals surface area contributed by atoms with Crippen LogP contribution in [0.3, 0.4) is 0 Å². The molecule has 1 aliphatic carbocycles. The van der Waals surface area contributed by atoms with Crippen molar-refractivity contribution in [3.8, 4) is 0 Å². The highest BCUT2D eigenvalue weighted by Crippen LogP contribution is 2.29. The van der Waals surface area contributed by atoms with Gasteiger partial charge in [-0.2, -0.15) is 0 Å². The van der Waals surface area contributed by atoms with Crippen LogP contribution in [0.15, 0.2) is 12.3 Å². The van der Waals surface area contributed by atoms with Crippen molar-refractivity contribution in [1.82, 2.24) is 4.98 Å². The molecule has 1 N–H and O–H groups in total. The zero-order valence-corrected chi connectivity index (χ0v) is 12.3. The van der Waals surface area contributed by atoms with Gasteiger partial charge in [-0.3, -0.25) is 10.1 Å². The minimum Gasteiger partial charge on any atom is -0.367 e. The van der Waals surface area contributed by atoms with E-state index in [2.05, 4.69) is 17.2 Å². The van der Waals surface area contributed by atoms with Crippen LogP contribution < -0.4 is 5.32 Å². The molecule has 0 aromatic carbocycles. The van der Waals surface area contributed by atoms with E-state index in [1.54, 1.807) is 13.0 Å². The van der Waals surface area contributed by atoms with Gasteiger partial charge in [0.2, 0.25) is 0 Å². The molecule has 0 aliphatic heterocycles. The van der Waals surface area contributed by atoms with Gasteiger partial charge in [-0.25, -0.2) is 4.98 Å². The van der Waals surface area contributed by atoms with Crippen molar-refractivity contribution in [3.05, 3.63) is 27.9 Å². The normalized spacial score (nSPS) is 17.7. The first-order valence-corrected chi connectivity index (χ1v) is 7.49. The number of nitrogens with zero attached hydrogens (tertiary/aromatic N) is 2. The number of anilines is 1. The fourth-order valence-corrected chi connectivity index (χ4v) is 3.10. The summed E-state index contributed by atoms with van der Waals surface area (Å²) in [5, 5.41) is 14.3. The van der Waals surface area contributed by atoms with Gasteiger partial charge in [-0.05, 0) is 38.2 Å². The smallest absolute Gasteiger partial charge is 0.290 e. The Morgan fingerprint density at radius 2 is 2.15 bits per heavy atom. The van der Waals surface area contributed by atoms with E-state index in [0.717, 1.165) is 12.2 Å². The van der Waals surface area contributed by atoms with Gasteiger partial charge in [0.1, 0.15) is 12.0 Å². The number of nitro groups is 1. The van der Waals surface area contributed by atoms with Crippen molar-refractivity contribution in [2.75, 3.05) is 5.32 Å². The van der Waals surface area contributed by atoms with E-state index in [0.29, 0.717) is 17.5 Å². The van der Waals surface area contributed by atoms with Crippen molar-refractivity contribution in [2.45, 2.75) is 58.4 Å². The lowest BCUT2D eigenvalue weighted by molar-refractivity contribution is -0.385. The van der Waals surface area contributed by atoms with Crippen molar-refractivity contribution in [3.63, 3.8) is 0 Å². The molecule has 0 bridgehead atoms. The highest BCUT2D eigenvalue weighted by Gasteiger charge is 2.23. The fraction of sp³-hybridized carbons (Fsp3) is 0.667. The van der Waals surface area contributed by atoms with Crippen molar-refractivity contribution in [1.29, 1.82) is 0 Å². The molecule has 1 aromatic rings.